The Morgan fingerprint density at radius 1 is 1.00 bits per heavy atom. The SMILES string of the molecule is CCOc1ccc(COc2ccc(NC(=O)c3nn4c(C(F)(F)F)cc(C)nc4c3Cl)cc2)cc1OCC. The number of nitrogens with one attached hydrogen (secondary N) is 1. The third-order valence-electron chi connectivity index (χ3n) is 5.29. The fraction of sp³-hybridized carbons (Fsp3) is 0.269. The van der Waals surface area contributed by atoms with Crippen molar-refractivity contribution in [2.24, 2.45) is 0 Å². The molecule has 2 aromatic heterocycles. The molecule has 0 aliphatic heterocycles. The van der Waals surface area contributed by atoms with Crippen molar-refractivity contribution in [3.8, 4) is 17.2 Å². The molecule has 4 aromatic rings. The van der Waals surface area contributed by atoms with Gasteiger partial charge in [0, 0.05) is 11.4 Å². The fourth-order valence-electron chi connectivity index (χ4n) is 3.64. The molecule has 4 rings (SSSR count). The molecular weight excluding hydrogens is 525 g/mol. The first kappa shape index (κ1) is 27.1. The number of nitrogens with zero attached hydrogens (tertiary/aromatic N) is 3. The van der Waals surface area contributed by atoms with Gasteiger partial charge in [-0.05, 0) is 68.8 Å². The van der Waals surface area contributed by atoms with Crippen molar-refractivity contribution < 1.29 is 32.2 Å². The molecule has 2 heterocycles. The number of aryl methyl sites for hydroxylation is 1. The molecule has 0 bridgehead atoms. The normalized spacial score (nSPS) is 11.4. The third kappa shape index (κ3) is 5.94. The van der Waals surface area contributed by atoms with E-state index in [1.807, 2.05) is 32.0 Å². The quantitative estimate of drug-likeness (QED) is 0.263. The van der Waals surface area contributed by atoms with Gasteiger partial charge in [0.05, 0.1) is 13.2 Å². The number of benzene rings is 2. The van der Waals surface area contributed by atoms with Gasteiger partial charge in [-0.25, -0.2) is 9.50 Å². The average molecular weight is 549 g/mol. The molecule has 8 nitrogen and oxygen atoms in total. The summed E-state index contributed by atoms with van der Waals surface area (Å²) < 4.78 is 57.9. The minimum absolute atomic E-state index is 0.0912. The molecule has 0 aliphatic rings. The lowest BCUT2D eigenvalue weighted by molar-refractivity contribution is -0.142. The second-order valence-corrected chi connectivity index (χ2v) is 8.47. The minimum atomic E-state index is -4.71. The predicted molar refractivity (Wildman–Crippen MR) is 135 cm³/mol. The molecule has 38 heavy (non-hydrogen) atoms. The number of alkyl halides is 3. The van der Waals surface area contributed by atoms with Crippen molar-refractivity contribution in [3.63, 3.8) is 0 Å². The highest BCUT2D eigenvalue weighted by atomic mass is 35.5. The first-order valence-corrected chi connectivity index (χ1v) is 12.0. The third-order valence-corrected chi connectivity index (χ3v) is 5.64. The van der Waals surface area contributed by atoms with E-state index < -0.39 is 17.8 Å². The molecule has 0 saturated heterocycles. The van der Waals surface area contributed by atoms with Crippen LogP contribution in [0.4, 0.5) is 18.9 Å². The largest absolute Gasteiger partial charge is 0.490 e. The van der Waals surface area contributed by atoms with Crippen molar-refractivity contribution in [2.45, 2.75) is 33.6 Å². The summed E-state index contributed by atoms with van der Waals surface area (Å²) in [4.78, 5) is 16.8. The summed E-state index contributed by atoms with van der Waals surface area (Å²) >= 11 is 6.18. The van der Waals surface area contributed by atoms with E-state index in [9.17, 15) is 18.0 Å². The molecule has 0 spiro atoms. The van der Waals surface area contributed by atoms with Crippen LogP contribution in [-0.4, -0.2) is 33.7 Å². The van der Waals surface area contributed by atoms with Crippen LogP contribution in [0, 0.1) is 6.92 Å². The van der Waals surface area contributed by atoms with E-state index in [0.29, 0.717) is 40.7 Å². The van der Waals surface area contributed by atoms with Crippen LogP contribution in [0.2, 0.25) is 5.02 Å². The minimum Gasteiger partial charge on any atom is -0.490 e. The Kier molecular flexibility index (Phi) is 7.96. The van der Waals surface area contributed by atoms with E-state index in [-0.39, 0.29) is 28.7 Å². The van der Waals surface area contributed by atoms with Crippen molar-refractivity contribution in [1.82, 2.24) is 14.6 Å². The maximum absolute atomic E-state index is 13.4. The molecule has 0 fully saturated rings. The number of fused-ring (bicyclic) bond motifs is 1. The Morgan fingerprint density at radius 2 is 1.68 bits per heavy atom. The Balaban J connectivity index is 1.45. The van der Waals surface area contributed by atoms with Gasteiger partial charge < -0.3 is 19.5 Å². The number of ether oxygens (including phenoxy) is 3. The molecule has 2 aromatic carbocycles. The topological polar surface area (TPSA) is 87.0 Å². The van der Waals surface area contributed by atoms with Crippen LogP contribution in [0.3, 0.4) is 0 Å². The summed E-state index contributed by atoms with van der Waals surface area (Å²) in [5.74, 6) is 1.05. The zero-order chi connectivity index (χ0) is 27.4. The zero-order valence-electron chi connectivity index (χ0n) is 20.7. The summed E-state index contributed by atoms with van der Waals surface area (Å²) in [6.07, 6.45) is -4.71. The lowest BCUT2D eigenvalue weighted by Crippen LogP contribution is -2.15. The van der Waals surface area contributed by atoms with E-state index in [4.69, 9.17) is 25.8 Å². The van der Waals surface area contributed by atoms with E-state index >= 15 is 0 Å². The van der Waals surface area contributed by atoms with E-state index in [0.717, 1.165) is 11.6 Å². The molecule has 0 saturated carbocycles. The number of amides is 1. The summed E-state index contributed by atoms with van der Waals surface area (Å²) in [6, 6.07) is 12.8. The summed E-state index contributed by atoms with van der Waals surface area (Å²) in [6.45, 7) is 6.47. The summed E-state index contributed by atoms with van der Waals surface area (Å²) in [5.41, 5.74) is -0.379. The van der Waals surface area contributed by atoms with Gasteiger partial charge in [0.15, 0.2) is 22.8 Å². The Hall–Kier alpha value is -3.99. The molecule has 200 valence electrons. The summed E-state index contributed by atoms with van der Waals surface area (Å²) in [5, 5.41) is 6.08. The van der Waals surface area contributed by atoms with Gasteiger partial charge in [-0.15, -0.1) is 0 Å². The van der Waals surface area contributed by atoms with Crippen molar-refractivity contribution in [2.75, 3.05) is 18.5 Å². The number of anilines is 1. The lowest BCUT2D eigenvalue weighted by atomic mass is 10.2. The lowest BCUT2D eigenvalue weighted by Gasteiger charge is -2.13. The van der Waals surface area contributed by atoms with Crippen LogP contribution in [0.25, 0.3) is 5.65 Å². The predicted octanol–water partition coefficient (Wildman–Crippen LogP) is 6.34. The number of carbonyl (C=O) groups excluding carboxylic acids is 1. The Bertz CT molecular complexity index is 1460. The number of halogens is 4. The Morgan fingerprint density at radius 3 is 2.34 bits per heavy atom. The highest BCUT2D eigenvalue weighted by Gasteiger charge is 2.36. The molecule has 1 amide bonds. The molecule has 1 N–H and O–H groups in total. The van der Waals surface area contributed by atoms with Crippen molar-refractivity contribution in [1.29, 1.82) is 0 Å². The van der Waals surface area contributed by atoms with Crippen molar-refractivity contribution >= 4 is 28.8 Å². The van der Waals surface area contributed by atoms with Crippen LogP contribution in [0.15, 0.2) is 48.5 Å². The Labute approximate surface area is 221 Å². The van der Waals surface area contributed by atoms with Gasteiger partial charge in [-0.2, -0.15) is 18.3 Å². The van der Waals surface area contributed by atoms with Crippen LogP contribution in [-0.2, 0) is 12.8 Å². The number of carbonyl (C=O) groups is 1. The smallest absolute Gasteiger partial charge is 0.433 e. The average Bonchev–Trinajstić information content (AvgIpc) is 3.20. The summed E-state index contributed by atoms with van der Waals surface area (Å²) in [7, 11) is 0. The monoisotopic (exact) mass is 548 g/mol. The van der Waals surface area contributed by atoms with E-state index in [1.165, 1.54) is 6.92 Å². The molecular formula is C26H24ClF3N4O4. The van der Waals surface area contributed by atoms with Crippen LogP contribution in [0.1, 0.15) is 41.3 Å². The molecule has 12 heteroatoms. The van der Waals surface area contributed by atoms with Gasteiger partial charge >= 0.3 is 6.18 Å². The van der Waals surface area contributed by atoms with E-state index in [2.05, 4.69) is 15.4 Å². The van der Waals surface area contributed by atoms with Gasteiger partial charge in [0.1, 0.15) is 23.1 Å². The van der Waals surface area contributed by atoms with Crippen LogP contribution in [0.5, 0.6) is 17.2 Å². The second-order valence-electron chi connectivity index (χ2n) is 8.09. The number of aromatic nitrogens is 3. The van der Waals surface area contributed by atoms with Gasteiger partial charge in [-0.3, -0.25) is 4.79 Å². The first-order chi connectivity index (χ1) is 18.1. The number of hydrogen-bond donors (Lipinski definition) is 1. The first-order valence-electron chi connectivity index (χ1n) is 11.7. The van der Waals surface area contributed by atoms with Gasteiger partial charge in [0.25, 0.3) is 5.91 Å². The number of rotatable bonds is 9. The van der Waals surface area contributed by atoms with Gasteiger partial charge in [0.2, 0.25) is 0 Å². The molecule has 0 unspecified atom stereocenters. The molecule has 0 aliphatic carbocycles. The fourth-order valence-corrected chi connectivity index (χ4v) is 3.88. The maximum Gasteiger partial charge on any atom is 0.433 e. The van der Waals surface area contributed by atoms with Crippen LogP contribution < -0.4 is 19.5 Å². The maximum atomic E-state index is 13.4. The van der Waals surface area contributed by atoms with Crippen LogP contribution >= 0.6 is 11.6 Å². The zero-order valence-corrected chi connectivity index (χ0v) is 21.5. The second kappa shape index (κ2) is 11.2. The molecule has 0 atom stereocenters. The standard InChI is InChI=1S/C26H24ClF3N4O4/c1-4-36-19-11-6-16(13-20(19)37-5-2)14-38-18-9-7-17(8-10-18)32-25(35)23-22(27)24-31-15(3)12-21(26(28,29)30)34(24)33-23/h6-13H,4-5,14H2,1-3H3,(H,32,35). The van der Waals surface area contributed by atoms with E-state index in [1.54, 1.807) is 24.3 Å². The van der Waals surface area contributed by atoms with Gasteiger partial charge in [-0.1, -0.05) is 17.7 Å². The highest BCUT2D eigenvalue weighted by Crippen LogP contribution is 2.33. The number of hydrogen-bond acceptors (Lipinski definition) is 6. The van der Waals surface area contributed by atoms with Crippen molar-refractivity contribution in [3.05, 3.63) is 76.2 Å². The molecule has 0 radical (unpaired) electrons. The highest BCUT2D eigenvalue weighted by molar-refractivity contribution is 6.37.